The number of allylic oxidation sites excluding steroid dienone is 8. The minimum absolute atomic E-state index is 1.70. The highest BCUT2D eigenvalue weighted by molar-refractivity contribution is 5.16. The molecule has 22 heavy (non-hydrogen) atoms. The molecule has 0 unspecified atom stereocenters. The van der Waals surface area contributed by atoms with Gasteiger partial charge in [-0.15, -0.1) is 0 Å². The molecule has 0 fully saturated rings. The van der Waals surface area contributed by atoms with Gasteiger partial charge in [-0.2, -0.15) is 0 Å². The van der Waals surface area contributed by atoms with Crippen molar-refractivity contribution >= 4 is 0 Å². The van der Waals surface area contributed by atoms with Crippen LogP contribution in [0.2, 0.25) is 0 Å². The fourth-order valence-corrected chi connectivity index (χ4v) is 0.811. The summed E-state index contributed by atoms with van der Waals surface area (Å²) in [5.74, 6) is 0. The summed E-state index contributed by atoms with van der Waals surface area (Å²) in [5, 5.41) is 0. The summed E-state index contributed by atoms with van der Waals surface area (Å²) in [6, 6.07) is 0. The van der Waals surface area contributed by atoms with Crippen LogP contribution < -0.4 is 0 Å². The van der Waals surface area contributed by atoms with Gasteiger partial charge >= 0.3 is 0 Å². The molecule has 0 atom stereocenters. The van der Waals surface area contributed by atoms with Crippen molar-refractivity contribution in [3.8, 4) is 0 Å². The van der Waals surface area contributed by atoms with Crippen LogP contribution in [0.15, 0.2) is 131 Å². The highest BCUT2D eigenvalue weighted by atomic mass is 13.7. The van der Waals surface area contributed by atoms with Crippen LogP contribution in [-0.2, 0) is 0 Å². The van der Waals surface area contributed by atoms with Crippen LogP contribution in [0.1, 0.15) is 0 Å². The Morgan fingerprint density at radius 3 is 1.50 bits per heavy atom. The zero-order chi connectivity index (χ0) is 16.1. The second kappa shape index (κ2) is 17.1. The molecule has 0 N–H and O–H groups in total. The maximum absolute atomic E-state index is 3.57. The Bertz CT molecular complexity index is 915. The van der Waals surface area contributed by atoms with Crippen molar-refractivity contribution < 1.29 is 0 Å². The van der Waals surface area contributed by atoms with Gasteiger partial charge in [0.1, 0.15) is 0 Å². The minimum atomic E-state index is 1.70. The smallest absolute Gasteiger partial charge is 0.00000000256 e. The highest BCUT2D eigenvalue weighted by Crippen LogP contribution is 1.81. The molecule has 0 bridgehead atoms. The first-order valence-corrected chi connectivity index (χ1v) is 6.13. The van der Waals surface area contributed by atoms with E-state index in [0.29, 0.717) is 0 Å². The Balaban J connectivity index is 4.97. The highest BCUT2D eigenvalue weighted by Gasteiger charge is 1.60. The molecular formula is C22H12. The second-order valence-electron chi connectivity index (χ2n) is 3.13. The van der Waals surface area contributed by atoms with Crippen LogP contribution >= 0.6 is 0 Å². The Labute approximate surface area is 131 Å². The van der Waals surface area contributed by atoms with Crippen molar-refractivity contribution in [3.05, 3.63) is 131 Å². The molecule has 0 aromatic heterocycles. The first-order valence-electron chi connectivity index (χ1n) is 6.13. The van der Waals surface area contributed by atoms with Crippen molar-refractivity contribution in [1.82, 2.24) is 0 Å². The normalized spacial score (nSPS) is 7.45. The van der Waals surface area contributed by atoms with Crippen molar-refractivity contribution in [2.24, 2.45) is 0 Å². The molecule has 0 aromatic carbocycles. The molecule has 0 nitrogen and oxygen atoms in total. The summed E-state index contributed by atoms with van der Waals surface area (Å²) in [5.41, 5.74) is 30.5. The topological polar surface area (TPSA) is 0 Å². The van der Waals surface area contributed by atoms with Gasteiger partial charge in [0.25, 0.3) is 0 Å². The Kier molecular flexibility index (Phi) is 14.0. The second-order valence-corrected chi connectivity index (χ2v) is 3.13. The minimum Gasteiger partial charge on any atom is -0.0991 e. The predicted octanol–water partition coefficient (Wildman–Crippen LogP) is 4.89. The maximum Gasteiger partial charge on any atom is -0.00000000256 e. The third-order valence-corrected chi connectivity index (χ3v) is 1.59. The van der Waals surface area contributed by atoms with Crippen LogP contribution in [-0.4, -0.2) is 0 Å². The van der Waals surface area contributed by atoms with E-state index in [1.54, 1.807) is 12.2 Å². The van der Waals surface area contributed by atoms with Crippen LogP contribution in [0.4, 0.5) is 0 Å². The van der Waals surface area contributed by atoms with Gasteiger partial charge in [-0.25, -0.2) is 0 Å². The lowest BCUT2D eigenvalue weighted by molar-refractivity contribution is 1.87. The number of rotatable bonds is 4. The summed E-state index contributed by atoms with van der Waals surface area (Å²) in [6.45, 7) is 6.88. The zero-order valence-corrected chi connectivity index (χ0v) is 12.0. The average Bonchev–Trinajstić information content (AvgIpc) is 2.54. The van der Waals surface area contributed by atoms with Crippen molar-refractivity contribution in [3.63, 3.8) is 0 Å². The predicted molar refractivity (Wildman–Crippen MR) is 90.0 cm³/mol. The largest absolute Gasteiger partial charge is 0.0991 e. The fraction of sp³-hybridized carbons (Fsp3) is 0. The van der Waals surface area contributed by atoms with Crippen molar-refractivity contribution in [2.45, 2.75) is 0 Å². The SMILES string of the molecule is C=C=C=C=C=C=C=C=C=C=C=C=C=CC=CC=CC=CC=C. The lowest BCUT2D eigenvalue weighted by Crippen LogP contribution is -1.49. The van der Waals surface area contributed by atoms with E-state index in [9.17, 15) is 0 Å². The molecule has 0 rings (SSSR count). The van der Waals surface area contributed by atoms with Crippen LogP contribution in [0.3, 0.4) is 0 Å². The lowest BCUT2D eigenvalue weighted by atomic mass is 10.4. The molecular weight excluding hydrogens is 264 g/mol. The molecule has 0 spiro atoms. The van der Waals surface area contributed by atoms with Gasteiger partial charge in [-0.1, -0.05) is 60.6 Å². The average molecular weight is 276 g/mol. The first-order chi connectivity index (χ1) is 10.9. The molecule has 0 aliphatic carbocycles. The summed E-state index contributed by atoms with van der Waals surface area (Å²) in [4.78, 5) is 0. The fourth-order valence-electron chi connectivity index (χ4n) is 0.811. The van der Waals surface area contributed by atoms with Crippen LogP contribution in [0, 0.1) is 0 Å². The van der Waals surface area contributed by atoms with Gasteiger partial charge in [0.05, 0.1) is 0 Å². The lowest BCUT2D eigenvalue weighted by Gasteiger charge is -1.70. The van der Waals surface area contributed by atoms with E-state index < -0.39 is 0 Å². The molecule has 0 aliphatic heterocycles. The van der Waals surface area contributed by atoms with Gasteiger partial charge in [-0.05, 0) is 70.0 Å². The molecule has 0 heteroatoms. The quantitative estimate of drug-likeness (QED) is 0.506. The van der Waals surface area contributed by atoms with Gasteiger partial charge in [-0.3, -0.25) is 0 Å². The Morgan fingerprint density at radius 1 is 0.500 bits per heavy atom. The molecule has 0 heterocycles. The van der Waals surface area contributed by atoms with Crippen LogP contribution in [0.25, 0.3) is 0 Å². The van der Waals surface area contributed by atoms with E-state index in [1.807, 2.05) is 36.5 Å². The van der Waals surface area contributed by atoms with E-state index in [0.717, 1.165) is 0 Å². The van der Waals surface area contributed by atoms with E-state index >= 15 is 0 Å². The summed E-state index contributed by atoms with van der Waals surface area (Å²) in [6.07, 6.45) is 14.6. The molecule has 0 radical (unpaired) electrons. The molecule has 0 amide bonds. The third kappa shape index (κ3) is 16.1. The summed E-state index contributed by atoms with van der Waals surface area (Å²) >= 11 is 0. The summed E-state index contributed by atoms with van der Waals surface area (Å²) in [7, 11) is 0. The maximum atomic E-state index is 3.57. The number of hydrogen-bond acceptors (Lipinski definition) is 0. The van der Waals surface area contributed by atoms with Gasteiger partial charge in [0, 0.05) is 0 Å². The van der Waals surface area contributed by atoms with Gasteiger partial charge in [0.15, 0.2) is 0 Å². The Hall–Kier alpha value is -3.94. The van der Waals surface area contributed by atoms with E-state index in [4.69, 9.17) is 0 Å². The van der Waals surface area contributed by atoms with Crippen LogP contribution in [0.5, 0.6) is 0 Å². The van der Waals surface area contributed by atoms with E-state index in [2.05, 4.69) is 81.9 Å². The zero-order valence-electron chi connectivity index (χ0n) is 12.0. The van der Waals surface area contributed by atoms with Gasteiger partial charge in [0.2, 0.25) is 0 Å². The number of hydrogen-bond donors (Lipinski definition) is 0. The monoisotopic (exact) mass is 276 g/mol. The van der Waals surface area contributed by atoms with Crippen molar-refractivity contribution in [2.75, 3.05) is 0 Å². The standard InChI is InChI=1S/C22H12/c1-3-5-7-9-11-13-15-17-19-21-22-20-18-16-14-12-10-8-6-4-2/h3,5,7,9,11,13,15,17H,1-2H2. The third-order valence-electron chi connectivity index (χ3n) is 1.59. The Morgan fingerprint density at radius 2 is 0.955 bits per heavy atom. The van der Waals surface area contributed by atoms with Crippen molar-refractivity contribution in [1.29, 1.82) is 0 Å². The molecule has 100 valence electrons. The first kappa shape index (κ1) is 18.1. The molecule has 0 aromatic rings. The molecule has 0 aliphatic rings. The van der Waals surface area contributed by atoms with Gasteiger partial charge < -0.3 is 0 Å². The van der Waals surface area contributed by atoms with E-state index in [1.165, 1.54) is 0 Å². The molecule has 0 saturated heterocycles. The van der Waals surface area contributed by atoms with E-state index in [-0.39, 0.29) is 0 Å². The summed E-state index contributed by atoms with van der Waals surface area (Å²) < 4.78 is 0. The molecule has 0 saturated carbocycles.